The van der Waals surface area contributed by atoms with Crippen LogP contribution in [-0.2, 0) is 11.4 Å². The number of hydrogen-bond donors (Lipinski definition) is 1. The summed E-state index contributed by atoms with van der Waals surface area (Å²) in [5, 5.41) is 0. The first-order valence-corrected chi connectivity index (χ1v) is 3.17. The Bertz CT molecular complexity index is 195. The van der Waals surface area contributed by atoms with Gasteiger partial charge in [-0.3, -0.25) is 4.84 Å². The Morgan fingerprint density at radius 2 is 2.40 bits per heavy atom. The summed E-state index contributed by atoms with van der Waals surface area (Å²) in [6, 6.07) is 3.81. The summed E-state index contributed by atoms with van der Waals surface area (Å²) < 4.78 is 5.22. The fourth-order valence-corrected chi connectivity index (χ4v) is 0.706. The van der Waals surface area contributed by atoms with Crippen LogP contribution in [0, 0.1) is 6.92 Å². The number of rotatable bonds is 3. The molecule has 10 heavy (non-hydrogen) atoms. The minimum absolute atomic E-state index is 0.477. The van der Waals surface area contributed by atoms with Gasteiger partial charge < -0.3 is 4.42 Å². The third-order valence-corrected chi connectivity index (χ3v) is 1.15. The van der Waals surface area contributed by atoms with E-state index in [1.54, 1.807) is 7.05 Å². The summed E-state index contributed by atoms with van der Waals surface area (Å²) >= 11 is 0. The Kier molecular flexibility index (Phi) is 2.48. The van der Waals surface area contributed by atoms with Gasteiger partial charge >= 0.3 is 0 Å². The number of nitrogens with one attached hydrogen (secondary N) is 1. The molecule has 1 aromatic heterocycles. The van der Waals surface area contributed by atoms with Crippen molar-refractivity contribution in [1.29, 1.82) is 0 Å². The number of furan rings is 1. The Morgan fingerprint density at radius 1 is 1.60 bits per heavy atom. The van der Waals surface area contributed by atoms with Gasteiger partial charge in [0.25, 0.3) is 0 Å². The van der Waals surface area contributed by atoms with Crippen LogP contribution in [0.3, 0.4) is 0 Å². The Balaban J connectivity index is 2.42. The van der Waals surface area contributed by atoms with Gasteiger partial charge in [-0.25, -0.2) is 5.48 Å². The third-order valence-electron chi connectivity index (χ3n) is 1.15. The van der Waals surface area contributed by atoms with Crippen molar-refractivity contribution < 1.29 is 9.25 Å². The lowest BCUT2D eigenvalue weighted by molar-refractivity contribution is 0.0336. The summed E-state index contributed by atoms with van der Waals surface area (Å²) in [4.78, 5) is 4.89. The smallest absolute Gasteiger partial charge is 0.131 e. The molecular formula is C7H11NO2. The molecule has 0 amide bonds. The molecule has 0 aromatic carbocycles. The van der Waals surface area contributed by atoms with E-state index in [-0.39, 0.29) is 0 Å². The van der Waals surface area contributed by atoms with Crippen LogP contribution in [0.5, 0.6) is 0 Å². The highest BCUT2D eigenvalue weighted by Crippen LogP contribution is 2.06. The zero-order valence-corrected chi connectivity index (χ0v) is 6.18. The summed E-state index contributed by atoms with van der Waals surface area (Å²) in [6.45, 7) is 2.38. The summed E-state index contributed by atoms with van der Waals surface area (Å²) in [5.41, 5.74) is 2.57. The maximum absolute atomic E-state index is 5.22. The number of hydroxylamine groups is 1. The zero-order valence-electron chi connectivity index (χ0n) is 6.18. The Hall–Kier alpha value is -0.800. The fraction of sp³-hybridized carbons (Fsp3) is 0.429. The summed E-state index contributed by atoms with van der Waals surface area (Å²) in [5.74, 6) is 1.75. The van der Waals surface area contributed by atoms with E-state index in [1.807, 2.05) is 19.1 Å². The third kappa shape index (κ3) is 1.86. The summed E-state index contributed by atoms with van der Waals surface area (Å²) in [7, 11) is 1.72. The first-order chi connectivity index (χ1) is 4.83. The SMILES string of the molecule is CNOCc1ccc(C)o1. The maximum atomic E-state index is 5.22. The molecule has 56 valence electrons. The summed E-state index contributed by atoms with van der Waals surface area (Å²) in [6.07, 6.45) is 0. The molecule has 0 unspecified atom stereocenters. The highest BCUT2D eigenvalue weighted by Gasteiger charge is 1.95. The van der Waals surface area contributed by atoms with E-state index in [1.165, 1.54) is 0 Å². The number of hydrogen-bond acceptors (Lipinski definition) is 3. The average Bonchev–Trinajstić information content (AvgIpc) is 2.31. The maximum Gasteiger partial charge on any atom is 0.131 e. The van der Waals surface area contributed by atoms with Gasteiger partial charge in [0.1, 0.15) is 18.1 Å². The van der Waals surface area contributed by atoms with Crippen molar-refractivity contribution >= 4 is 0 Å². The second-order valence-electron chi connectivity index (χ2n) is 2.01. The molecule has 1 aromatic rings. The monoisotopic (exact) mass is 141 g/mol. The van der Waals surface area contributed by atoms with Crippen molar-refractivity contribution in [2.24, 2.45) is 0 Å². The average molecular weight is 141 g/mol. The van der Waals surface area contributed by atoms with Crippen LogP contribution in [0.1, 0.15) is 11.5 Å². The lowest BCUT2D eigenvalue weighted by atomic mass is 10.4. The molecule has 1 N–H and O–H groups in total. The number of aryl methyl sites for hydroxylation is 1. The second-order valence-corrected chi connectivity index (χ2v) is 2.01. The molecule has 0 aliphatic carbocycles. The molecule has 0 saturated heterocycles. The molecule has 0 spiro atoms. The molecule has 0 aliphatic rings. The molecule has 1 heterocycles. The van der Waals surface area contributed by atoms with Crippen molar-refractivity contribution in [3.8, 4) is 0 Å². The van der Waals surface area contributed by atoms with Crippen molar-refractivity contribution in [2.75, 3.05) is 7.05 Å². The molecule has 0 fully saturated rings. The minimum atomic E-state index is 0.477. The predicted octanol–water partition coefficient (Wildman–Crippen LogP) is 1.24. The molecule has 3 heteroatoms. The molecule has 0 atom stereocenters. The molecule has 0 radical (unpaired) electrons. The molecule has 1 rings (SSSR count). The fourth-order valence-electron chi connectivity index (χ4n) is 0.706. The molecule has 0 saturated carbocycles. The van der Waals surface area contributed by atoms with Crippen molar-refractivity contribution in [1.82, 2.24) is 5.48 Å². The van der Waals surface area contributed by atoms with Crippen LogP contribution >= 0.6 is 0 Å². The van der Waals surface area contributed by atoms with Gasteiger partial charge in [-0.15, -0.1) is 0 Å². The molecule has 3 nitrogen and oxygen atoms in total. The van der Waals surface area contributed by atoms with Crippen molar-refractivity contribution in [2.45, 2.75) is 13.5 Å². The molecular weight excluding hydrogens is 130 g/mol. The van der Waals surface area contributed by atoms with Crippen molar-refractivity contribution in [3.63, 3.8) is 0 Å². The van der Waals surface area contributed by atoms with Crippen LogP contribution in [0.15, 0.2) is 16.5 Å². The topological polar surface area (TPSA) is 34.4 Å². The lowest BCUT2D eigenvalue weighted by Crippen LogP contribution is -2.05. The van der Waals surface area contributed by atoms with Gasteiger partial charge in [0.05, 0.1) is 0 Å². The van der Waals surface area contributed by atoms with E-state index in [4.69, 9.17) is 9.25 Å². The molecule has 0 aliphatic heterocycles. The van der Waals surface area contributed by atoms with Crippen LogP contribution < -0.4 is 5.48 Å². The van der Waals surface area contributed by atoms with Crippen LogP contribution in [0.2, 0.25) is 0 Å². The first-order valence-electron chi connectivity index (χ1n) is 3.17. The minimum Gasteiger partial charge on any atom is -0.464 e. The van der Waals surface area contributed by atoms with Gasteiger partial charge in [-0.05, 0) is 19.1 Å². The van der Waals surface area contributed by atoms with Gasteiger partial charge in [0, 0.05) is 7.05 Å². The highest BCUT2D eigenvalue weighted by molar-refractivity contribution is 5.04. The normalized spacial score (nSPS) is 10.2. The lowest BCUT2D eigenvalue weighted by Gasteiger charge is -1.95. The van der Waals surface area contributed by atoms with Crippen molar-refractivity contribution in [3.05, 3.63) is 23.7 Å². The van der Waals surface area contributed by atoms with E-state index >= 15 is 0 Å². The second kappa shape index (κ2) is 3.39. The van der Waals surface area contributed by atoms with Gasteiger partial charge in [0.15, 0.2) is 0 Å². The van der Waals surface area contributed by atoms with Gasteiger partial charge in [0.2, 0.25) is 0 Å². The van der Waals surface area contributed by atoms with Crippen LogP contribution in [0.4, 0.5) is 0 Å². The van der Waals surface area contributed by atoms with Gasteiger partial charge in [-0.2, -0.15) is 0 Å². The largest absolute Gasteiger partial charge is 0.464 e. The van der Waals surface area contributed by atoms with Gasteiger partial charge in [-0.1, -0.05) is 0 Å². The Morgan fingerprint density at radius 3 is 2.90 bits per heavy atom. The van der Waals surface area contributed by atoms with E-state index in [9.17, 15) is 0 Å². The molecule has 0 bridgehead atoms. The van der Waals surface area contributed by atoms with E-state index in [2.05, 4.69) is 5.48 Å². The van der Waals surface area contributed by atoms with E-state index in [0.717, 1.165) is 11.5 Å². The first kappa shape index (κ1) is 7.31. The quantitative estimate of drug-likeness (QED) is 0.643. The Labute approximate surface area is 59.9 Å². The van der Waals surface area contributed by atoms with Crippen LogP contribution in [-0.4, -0.2) is 7.05 Å². The zero-order chi connectivity index (χ0) is 7.40. The highest BCUT2D eigenvalue weighted by atomic mass is 16.6. The van der Waals surface area contributed by atoms with E-state index < -0.39 is 0 Å². The van der Waals surface area contributed by atoms with Crippen LogP contribution in [0.25, 0.3) is 0 Å². The standard InChI is InChI=1S/C7H11NO2/c1-6-3-4-7(10-6)5-9-8-2/h3-4,8H,5H2,1-2H3. The van der Waals surface area contributed by atoms with E-state index in [0.29, 0.717) is 6.61 Å². The predicted molar refractivity (Wildman–Crippen MR) is 37.3 cm³/mol.